The van der Waals surface area contributed by atoms with Gasteiger partial charge in [0.05, 0.1) is 17.8 Å². The molecule has 0 aliphatic heterocycles. The van der Waals surface area contributed by atoms with Gasteiger partial charge in [-0.15, -0.1) is 0 Å². The summed E-state index contributed by atoms with van der Waals surface area (Å²) in [5.74, 6) is -0.214. The molecule has 2 aromatic carbocycles. The minimum Gasteiger partial charge on any atom is -0.364 e. The molecule has 104 valence electrons. The molecule has 0 saturated heterocycles. The van der Waals surface area contributed by atoms with Gasteiger partial charge in [-0.3, -0.25) is 4.79 Å². The highest BCUT2D eigenvalue weighted by molar-refractivity contribution is 5.94. The van der Waals surface area contributed by atoms with Crippen molar-refractivity contribution in [3.8, 4) is 0 Å². The average molecular weight is 278 g/mol. The second-order valence-electron chi connectivity index (χ2n) is 4.64. The monoisotopic (exact) mass is 278 g/mol. The van der Waals surface area contributed by atoms with E-state index in [0.717, 1.165) is 11.1 Å². The fourth-order valence-corrected chi connectivity index (χ4v) is 2.18. The maximum Gasteiger partial charge on any atom is 0.256 e. The largest absolute Gasteiger partial charge is 0.364 e. The number of nitrogens with one attached hydrogen (secondary N) is 1. The lowest BCUT2D eigenvalue weighted by atomic mass is 9.98. The Hall–Kier alpha value is -2.88. The number of carbonyl (C=O) groups is 1. The van der Waals surface area contributed by atoms with Gasteiger partial charge in [0.25, 0.3) is 5.91 Å². The van der Waals surface area contributed by atoms with Gasteiger partial charge in [0.1, 0.15) is 6.26 Å². The molecule has 0 radical (unpaired) electrons. The van der Waals surface area contributed by atoms with Crippen LogP contribution < -0.4 is 5.32 Å². The first kappa shape index (κ1) is 13.1. The second-order valence-corrected chi connectivity index (χ2v) is 4.64. The summed E-state index contributed by atoms with van der Waals surface area (Å²) >= 11 is 0. The molecule has 3 rings (SSSR count). The van der Waals surface area contributed by atoms with Crippen LogP contribution in [0, 0.1) is 0 Å². The van der Waals surface area contributed by atoms with Gasteiger partial charge in [0, 0.05) is 0 Å². The topological polar surface area (TPSA) is 55.1 Å². The molecule has 0 aliphatic carbocycles. The number of aromatic nitrogens is 1. The number of amides is 1. The molecule has 1 heterocycles. The standard InChI is InChI=1S/C17H14N2O2/c20-17(15-11-18-21-12-15)19-16(13-7-3-1-4-8-13)14-9-5-2-6-10-14/h1-12,16H,(H,19,20). The molecule has 0 aliphatic rings. The second kappa shape index (κ2) is 6.05. The van der Waals surface area contributed by atoms with E-state index >= 15 is 0 Å². The quantitative estimate of drug-likeness (QED) is 0.797. The van der Waals surface area contributed by atoms with Crippen molar-refractivity contribution < 1.29 is 9.32 Å². The molecule has 3 aromatic rings. The number of hydrogen-bond donors (Lipinski definition) is 1. The maximum absolute atomic E-state index is 12.3. The minimum atomic E-state index is -0.214. The van der Waals surface area contributed by atoms with Gasteiger partial charge < -0.3 is 9.84 Å². The average Bonchev–Trinajstić information content (AvgIpc) is 3.09. The zero-order valence-electron chi connectivity index (χ0n) is 11.3. The fourth-order valence-electron chi connectivity index (χ4n) is 2.18. The summed E-state index contributed by atoms with van der Waals surface area (Å²) in [5, 5.41) is 6.57. The zero-order valence-corrected chi connectivity index (χ0v) is 11.3. The number of carbonyl (C=O) groups excluding carboxylic acids is 1. The Bertz CT molecular complexity index is 655. The van der Waals surface area contributed by atoms with Gasteiger partial charge in [-0.05, 0) is 11.1 Å². The first-order chi connectivity index (χ1) is 10.3. The van der Waals surface area contributed by atoms with Crippen LogP contribution in [0.5, 0.6) is 0 Å². The number of nitrogens with zero attached hydrogens (tertiary/aromatic N) is 1. The summed E-state index contributed by atoms with van der Waals surface area (Å²) in [6, 6.07) is 19.5. The van der Waals surface area contributed by atoms with E-state index in [1.165, 1.54) is 12.5 Å². The summed E-state index contributed by atoms with van der Waals surface area (Å²) in [5.41, 5.74) is 2.45. The highest BCUT2D eigenvalue weighted by Gasteiger charge is 2.18. The van der Waals surface area contributed by atoms with E-state index in [9.17, 15) is 4.79 Å². The SMILES string of the molecule is O=C(NC(c1ccccc1)c1ccccc1)c1cnoc1. The van der Waals surface area contributed by atoms with Gasteiger partial charge in [0.15, 0.2) is 0 Å². The highest BCUT2D eigenvalue weighted by Crippen LogP contribution is 2.22. The molecule has 1 aromatic heterocycles. The molecule has 0 saturated carbocycles. The van der Waals surface area contributed by atoms with Crippen molar-refractivity contribution in [2.24, 2.45) is 0 Å². The van der Waals surface area contributed by atoms with Crippen molar-refractivity contribution in [1.29, 1.82) is 0 Å². The van der Waals surface area contributed by atoms with Gasteiger partial charge in [-0.2, -0.15) is 0 Å². The predicted molar refractivity (Wildman–Crippen MR) is 78.7 cm³/mol. The van der Waals surface area contributed by atoms with E-state index in [1.807, 2.05) is 60.7 Å². The van der Waals surface area contributed by atoms with Gasteiger partial charge in [0.2, 0.25) is 0 Å². The molecule has 4 heteroatoms. The van der Waals surface area contributed by atoms with Crippen molar-refractivity contribution >= 4 is 5.91 Å². The van der Waals surface area contributed by atoms with Crippen LogP contribution in [0.15, 0.2) is 77.6 Å². The Morgan fingerprint density at radius 3 is 2.00 bits per heavy atom. The zero-order chi connectivity index (χ0) is 14.5. The van der Waals surface area contributed by atoms with Gasteiger partial charge in [-0.25, -0.2) is 0 Å². The molecule has 0 unspecified atom stereocenters. The Labute approximate surface area is 122 Å². The molecule has 4 nitrogen and oxygen atoms in total. The minimum absolute atomic E-state index is 0.213. The van der Waals surface area contributed by atoms with Crippen molar-refractivity contribution in [3.63, 3.8) is 0 Å². The van der Waals surface area contributed by atoms with Crippen molar-refractivity contribution in [2.45, 2.75) is 6.04 Å². The summed E-state index contributed by atoms with van der Waals surface area (Å²) in [6.45, 7) is 0. The van der Waals surface area contributed by atoms with E-state index in [2.05, 4.69) is 10.5 Å². The lowest BCUT2D eigenvalue weighted by Crippen LogP contribution is -2.29. The smallest absolute Gasteiger partial charge is 0.256 e. The maximum atomic E-state index is 12.3. The third kappa shape index (κ3) is 3.00. The third-order valence-corrected chi connectivity index (χ3v) is 3.24. The van der Waals surface area contributed by atoms with Gasteiger partial charge in [-0.1, -0.05) is 65.8 Å². The first-order valence-corrected chi connectivity index (χ1v) is 6.65. The van der Waals surface area contributed by atoms with E-state index in [0.29, 0.717) is 5.56 Å². The van der Waals surface area contributed by atoms with Crippen LogP contribution in [0.2, 0.25) is 0 Å². The molecule has 1 amide bonds. The van der Waals surface area contributed by atoms with Crippen molar-refractivity contribution in [3.05, 3.63) is 89.8 Å². The van der Waals surface area contributed by atoms with Crippen LogP contribution in [0.4, 0.5) is 0 Å². The Balaban J connectivity index is 1.92. The third-order valence-electron chi connectivity index (χ3n) is 3.24. The number of hydrogen-bond acceptors (Lipinski definition) is 3. The Kier molecular flexibility index (Phi) is 3.78. The normalized spacial score (nSPS) is 10.5. The van der Waals surface area contributed by atoms with Crippen LogP contribution in [0.1, 0.15) is 27.5 Å². The van der Waals surface area contributed by atoms with E-state index in [4.69, 9.17) is 4.52 Å². The molecule has 0 fully saturated rings. The summed E-state index contributed by atoms with van der Waals surface area (Å²) in [7, 11) is 0. The van der Waals surface area contributed by atoms with Crippen LogP contribution in [-0.4, -0.2) is 11.1 Å². The molecular weight excluding hydrogens is 264 g/mol. The number of benzene rings is 2. The van der Waals surface area contributed by atoms with E-state index in [1.54, 1.807) is 0 Å². The molecular formula is C17H14N2O2. The van der Waals surface area contributed by atoms with E-state index < -0.39 is 0 Å². The highest BCUT2D eigenvalue weighted by atomic mass is 16.5. The predicted octanol–water partition coefficient (Wildman–Crippen LogP) is 3.19. The van der Waals surface area contributed by atoms with Crippen LogP contribution >= 0.6 is 0 Å². The fraction of sp³-hybridized carbons (Fsp3) is 0.0588. The molecule has 21 heavy (non-hydrogen) atoms. The van der Waals surface area contributed by atoms with Crippen molar-refractivity contribution in [2.75, 3.05) is 0 Å². The first-order valence-electron chi connectivity index (χ1n) is 6.65. The summed E-state index contributed by atoms with van der Waals surface area (Å²) in [6.07, 6.45) is 2.74. The lowest BCUT2D eigenvalue weighted by molar-refractivity contribution is 0.0942. The van der Waals surface area contributed by atoms with Crippen LogP contribution in [0.25, 0.3) is 0 Å². The molecule has 0 spiro atoms. The van der Waals surface area contributed by atoms with Crippen molar-refractivity contribution in [1.82, 2.24) is 10.5 Å². The number of rotatable bonds is 4. The Morgan fingerprint density at radius 2 is 1.52 bits per heavy atom. The molecule has 1 N–H and O–H groups in total. The summed E-state index contributed by atoms with van der Waals surface area (Å²) < 4.78 is 4.72. The van der Waals surface area contributed by atoms with Crippen LogP contribution in [-0.2, 0) is 0 Å². The lowest BCUT2D eigenvalue weighted by Gasteiger charge is -2.19. The molecule has 0 bridgehead atoms. The van der Waals surface area contributed by atoms with Crippen LogP contribution in [0.3, 0.4) is 0 Å². The van der Waals surface area contributed by atoms with E-state index in [-0.39, 0.29) is 11.9 Å². The Morgan fingerprint density at radius 1 is 0.952 bits per heavy atom. The van der Waals surface area contributed by atoms with Gasteiger partial charge >= 0.3 is 0 Å². The summed E-state index contributed by atoms with van der Waals surface area (Å²) in [4.78, 5) is 12.3. The molecule has 0 atom stereocenters.